The number of aromatic nitrogens is 4. The molecule has 7 heteroatoms. The summed E-state index contributed by atoms with van der Waals surface area (Å²) in [4.78, 5) is 13.8. The second-order valence-electron chi connectivity index (χ2n) is 3.98. The van der Waals surface area contributed by atoms with E-state index in [1.165, 1.54) is 17.0 Å². The predicted octanol–water partition coefficient (Wildman–Crippen LogP) is 0.933. The number of nitrogens with zero attached hydrogens (tertiary/aromatic N) is 5. The number of carbonyl (C=O) groups excluding carboxylic acids is 1. The molecule has 94 valence electrons. The summed E-state index contributed by atoms with van der Waals surface area (Å²) in [5.74, 6) is 0.120. The molecule has 2 rings (SSSR count). The van der Waals surface area contributed by atoms with E-state index >= 15 is 0 Å². The van der Waals surface area contributed by atoms with Crippen LogP contribution in [0.2, 0.25) is 0 Å². The maximum atomic E-state index is 12.7. The minimum Gasteiger partial charge on any atom is -0.328 e. The Balaban J connectivity index is 2.11. The summed E-state index contributed by atoms with van der Waals surface area (Å²) in [5, 5.41) is 11.4. The van der Waals surface area contributed by atoms with E-state index in [2.05, 4.69) is 15.4 Å². The van der Waals surface area contributed by atoms with Crippen molar-refractivity contribution in [1.82, 2.24) is 25.1 Å². The van der Waals surface area contributed by atoms with E-state index in [0.717, 1.165) is 10.4 Å². The van der Waals surface area contributed by atoms with Gasteiger partial charge in [-0.3, -0.25) is 0 Å². The van der Waals surface area contributed by atoms with Gasteiger partial charge < -0.3 is 4.90 Å². The van der Waals surface area contributed by atoms with Crippen LogP contribution < -0.4 is 0 Å². The van der Waals surface area contributed by atoms with Gasteiger partial charge in [0.15, 0.2) is 5.82 Å². The number of hydrogen-bond acceptors (Lipinski definition) is 4. The Morgan fingerprint density at radius 2 is 2.00 bits per heavy atom. The van der Waals surface area contributed by atoms with Gasteiger partial charge in [-0.1, -0.05) is 16.9 Å². The quantitative estimate of drug-likeness (QED) is 0.794. The Morgan fingerprint density at radius 3 is 2.61 bits per heavy atom. The molecular weight excluding hydrogens is 237 g/mol. The Bertz CT molecular complexity index is 549. The molecule has 0 aliphatic heterocycles. The minimum atomic E-state index is -0.368. The lowest BCUT2D eigenvalue weighted by molar-refractivity contribution is 0.211. The fourth-order valence-electron chi connectivity index (χ4n) is 1.36. The fraction of sp³-hybridized carbons (Fsp3) is 0.273. The average Bonchev–Trinajstić information content (AvgIpc) is 2.79. The second-order valence-corrected chi connectivity index (χ2v) is 3.98. The molecule has 2 aromatic rings. The van der Waals surface area contributed by atoms with Crippen LogP contribution in [0.3, 0.4) is 0 Å². The van der Waals surface area contributed by atoms with Gasteiger partial charge in [0.25, 0.3) is 0 Å². The minimum absolute atomic E-state index is 0.293. The molecular formula is C11H12FN5O. The van der Waals surface area contributed by atoms with Gasteiger partial charge in [0.1, 0.15) is 5.82 Å². The molecule has 0 fully saturated rings. The van der Waals surface area contributed by atoms with Crippen LogP contribution in [-0.2, 0) is 6.42 Å². The predicted molar refractivity (Wildman–Crippen MR) is 61.5 cm³/mol. The van der Waals surface area contributed by atoms with Crippen molar-refractivity contribution in [3.63, 3.8) is 0 Å². The highest BCUT2D eigenvalue weighted by molar-refractivity contribution is 5.73. The number of tetrazole rings is 1. The lowest BCUT2D eigenvalue weighted by Crippen LogP contribution is -2.29. The lowest BCUT2D eigenvalue weighted by atomic mass is 10.1. The highest BCUT2D eigenvalue weighted by Crippen LogP contribution is 2.06. The first-order valence-electron chi connectivity index (χ1n) is 5.31. The van der Waals surface area contributed by atoms with Crippen LogP contribution in [0, 0.1) is 5.82 Å². The summed E-state index contributed by atoms with van der Waals surface area (Å²) in [6, 6.07) is 5.65. The van der Waals surface area contributed by atoms with Gasteiger partial charge in [-0.05, 0) is 22.9 Å². The van der Waals surface area contributed by atoms with Crippen molar-refractivity contribution in [3.05, 3.63) is 41.5 Å². The zero-order chi connectivity index (χ0) is 13.1. The first kappa shape index (κ1) is 12.2. The first-order valence-corrected chi connectivity index (χ1v) is 5.31. The molecule has 1 aromatic heterocycles. The average molecular weight is 249 g/mol. The van der Waals surface area contributed by atoms with Crippen molar-refractivity contribution >= 4 is 6.03 Å². The van der Waals surface area contributed by atoms with Crippen molar-refractivity contribution in [1.29, 1.82) is 0 Å². The van der Waals surface area contributed by atoms with E-state index in [9.17, 15) is 9.18 Å². The Morgan fingerprint density at radius 1 is 1.33 bits per heavy atom. The summed E-state index contributed by atoms with van der Waals surface area (Å²) >= 11 is 0. The first-order chi connectivity index (χ1) is 8.56. The smallest absolute Gasteiger partial charge is 0.328 e. The summed E-state index contributed by atoms with van der Waals surface area (Å²) in [6.45, 7) is 0. The molecule has 0 saturated heterocycles. The Labute approximate surface area is 103 Å². The van der Waals surface area contributed by atoms with Gasteiger partial charge in [-0.2, -0.15) is 0 Å². The molecule has 0 N–H and O–H groups in total. The molecule has 0 aliphatic rings. The highest BCUT2D eigenvalue weighted by Gasteiger charge is 2.12. The second kappa shape index (κ2) is 4.91. The third kappa shape index (κ3) is 2.68. The van der Waals surface area contributed by atoms with Gasteiger partial charge in [-0.25, -0.2) is 9.18 Å². The topological polar surface area (TPSA) is 63.9 Å². The molecule has 0 atom stereocenters. The number of amides is 1. The Kier molecular flexibility index (Phi) is 3.31. The van der Waals surface area contributed by atoms with Crippen LogP contribution in [0.4, 0.5) is 9.18 Å². The summed E-state index contributed by atoms with van der Waals surface area (Å²) in [5.41, 5.74) is 0.855. The summed E-state index contributed by atoms with van der Waals surface area (Å²) in [6.07, 6.45) is 0.404. The fourth-order valence-corrected chi connectivity index (χ4v) is 1.36. The molecule has 0 radical (unpaired) electrons. The molecule has 6 nitrogen and oxygen atoms in total. The van der Waals surface area contributed by atoms with Crippen LogP contribution in [-0.4, -0.2) is 45.2 Å². The third-order valence-electron chi connectivity index (χ3n) is 2.28. The maximum absolute atomic E-state index is 12.7. The van der Waals surface area contributed by atoms with Crippen molar-refractivity contribution in [2.24, 2.45) is 0 Å². The largest absolute Gasteiger partial charge is 0.362 e. The number of hydrogen-bond donors (Lipinski definition) is 0. The van der Waals surface area contributed by atoms with Crippen LogP contribution in [0.1, 0.15) is 11.4 Å². The zero-order valence-corrected chi connectivity index (χ0v) is 10.0. The molecule has 0 unspecified atom stereocenters. The van der Waals surface area contributed by atoms with Crippen LogP contribution >= 0.6 is 0 Å². The van der Waals surface area contributed by atoms with Gasteiger partial charge in [-0.15, -0.1) is 10.2 Å². The van der Waals surface area contributed by atoms with Crippen LogP contribution in [0.25, 0.3) is 0 Å². The van der Waals surface area contributed by atoms with Crippen molar-refractivity contribution in [3.8, 4) is 0 Å². The van der Waals surface area contributed by atoms with Gasteiger partial charge >= 0.3 is 6.03 Å². The van der Waals surface area contributed by atoms with E-state index in [4.69, 9.17) is 0 Å². The maximum Gasteiger partial charge on any atom is 0.362 e. The van der Waals surface area contributed by atoms with Crippen molar-refractivity contribution in [2.45, 2.75) is 6.42 Å². The number of carbonyl (C=O) groups is 1. The number of halogens is 1. The Hall–Kier alpha value is -2.31. The molecule has 1 heterocycles. The molecule has 18 heavy (non-hydrogen) atoms. The van der Waals surface area contributed by atoms with E-state index in [0.29, 0.717) is 12.2 Å². The SMILES string of the molecule is CN(C)C(=O)n1nnc(Cc2ccc(F)cc2)n1. The van der Waals surface area contributed by atoms with E-state index in [-0.39, 0.29) is 11.8 Å². The van der Waals surface area contributed by atoms with Gasteiger partial charge in [0.2, 0.25) is 0 Å². The van der Waals surface area contributed by atoms with E-state index in [1.807, 2.05) is 0 Å². The number of rotatable bonds is 2. The normalized spacial score (nSPS) is 10.4. The van der Waals surface area contributed by atoms with Crippen molar-refractivity contribution < 1.29 is 9.18 Å². The molecule has 0 spiro atoms. The molecule has 1 aromatic carbocycles. The third-order valence-corrected chi connectivity index (χ3v) is 2.28. The molecule has 0 bridgehead atoms. The lowest BCUT2D eigenvalue weighted by Gasteiger charge is -2.06. The van der Waals surface area contributed by atoms with Crippen molar-refractivity contribution in [2.75, 3.05) is 14.1 Å². The summed E-state index contributed by atoms with van der Waals surface area (Å²) in [7, 11) is 3.21. The van der Waals surface area contributed by atoms with Gasteiger partial charge in [0, 0.05) is 20.5 Å². The van der Waals surface area contributed by atoms with Crippen LogP contribution in [0.15, 0.2) is 24.3 Å². The van der Waals surface area contributed by atoms with Crippen LogP contribution in [0.5, 0.6) is 0 Å². The van der Waals surface area contributed by atoms with Gasteiger partial charge in [0.05, 0.1) is 0 Å². The number of benzene rings is 1. The monoisotopic (exact) mass is 249 g/mol. The van der Waals surface area contributed by atoms with E-state index in [1.54, 1.807) is 26.2 Å². The van der Waals surface area contributed by atoms with E-state index < -0.39 is 0 Å². The standard InChI is InChI=1S/C11H12FN5O/c1-16(2)11(18)17-14-10(13-15-17)7-8-3-5-9(12)6-4-8/h3-6H,7H2,1-2H3. The molecule has 1 amide bonds. The molecule has 0 aliphatic carbocycles. The zero-order valence-electron chi connectivity index (χ0n) is 10.0. The molecule has 0 saturated carbocycles. The highest BCUT2D eigenvalue weighted by atomic mass is 19.1. The summed E-state index contributed by atoms with van der Waals surface area (Å²) < 4.78 is 12.7.